The largest absolute Gasteiger partial charge is 0.459 e. The SMILES string of the molecule is CCCCc1ccc(-n2c(N)c(C(=O)OC[C@@H]3CCCO3)c3nc4ccccc4nc32)cc1. The molecule has 0 bridgehead atoms. The zero-order valence-corrected chi connectivity index (χ0v) is 18.8. The van der Waals surface area contributed by atoms with E-state index < -0.39 is 5.97 Å². The molecular formula is C26H28N4O3. The van der Waals surface area contributed by atoms with Crippen LogP contribution in [0.3, 0.4) is 0 Å². The molecule has 1 saturated heterocycles. The number of nitrogens with two attached hydrogens (primary N) is 1. The number of nitrogen functional groups attached to an aromatic ring is 1. The predicted molar refractivity (Wildman–Crippen MR) is 129 cm³/mol. The third kappa shape index (κ3) is 4.16. The van der Waals surface area contributed by atoms with E-state index >= 15 is 0 Å². The van der Waals surface area contributed by atoms with Crippen LogP contribution in [-0.2, 0) is 15.9 Å². The number of benzene rings is 2. The first-order valence-electron chi connectivity index (χ1n) is 11.6. The number of carbonyl (C=O) groups excluding carboxylic acids is 1. The van der Waals surface area contributed by atoms with Crippen LogP contribution in [-0.4, -0.2) is 39.8 Å². The summed E-state index contributed by atoms with van der Waals surface area (Å²) in [6.07, 6.45) is 5.13. The summed E-state index contributed by atoms with van der Waals surface area (Å²) in [5, 5.41) is 0. The van der Waals surface area contributed by atoms with Crippen molar-refractivity contribution in [3.8, 4) is 5.69 Å². The number of carbonyl (C=O) groups is 1. The second-order valence-electron chi connectivity index (χ2n) is 8.48. The molecule has 0 aliphatic carbocycles. The van der Waals surface area contributed by atoms with Crippen LogP contribution < -0.4 is 5.73 Å². The minimum Gasteiger partial charge on any atom is -0.459 e. The topological polar surface area (TPSA) is 92.3 Å². The Morgan fingerprint density at radius 1 is 1.15 bits per heavy atom. The molecule has 0 unspecified atom stereocenters. The summed E-state index contributed by atoms with van der Waals surface area (Å²) in [7, 11) is 0. The van der Waals surface area contributed by atoms with E-state index in [-0.39, 0.29) is 24.1 Å². The molecule has 5 rings (SSSR count). The highest BCUT2D eigenvalue weighted by molar-refractivity contribution is 6.09. The lowest BCUT2D eigenvalue weighted by Crippen LogP contribution is -2.18. The van der Waals surface area contributed by atoms with Gasteiger partial charge in [-0.25, -0.2) is 14.8 Å². The molecule has 0 radical (unpaired) electrons. The molecule has 33 heavy (non-hydrogen) atoms. The molecular weight excluding hydrogens is 416 g/mol. The van der Waals surface area contributed by atoms with E-state index in [1.54, 1.807) is 4.57 Å². The average molecular weight is 445 g/mol. The fourth-order valence-electron chi connectivity index (χ4n) is 4.33. The van der Waals surface area contributed by atoms with Crippen LogP contribution in [0.5, 0.6) is 0 Å². The second kappa shape index (κ2) is 9.19. The van der Waals surface area contributed by atoms with Crippen molar-refractivity contribution in [2.75, 3.05) is 18.9 Å². The van der Waals surface area contributed by atoms with E-state index in [4.69, 9.17) is 25.2 Å². The Labute approximate surface area is 192 Å². The lowest BCUT2D eigenvalue weighted by atomic mass is 10.1. The average Bonchev–Trinajstić information content (AvgIpc) is 3.45. The number of nitrogens with zero attached hydrogens (tertiary/aromatic N) is 3. The van der Waals surface area contributed by atoms with E-state index in [0.717, 1.165) is 43.3 Å². The number of hydrogen-bond acceptors (Lipinski definition) is 6. The fraction of sp³-hybridized carbons (Fsp3) is 0.346. The van der Waals surface area contributed by atoms with Crippen LogP contribution in [0.4, 0.5) is 5.82 Å². The maximum absolute atomic E-state index is 13.2. The molecule has 2 aromatic heterocycles. The highest BCUT2D eigenvalue weighted by Gasteiger charge is 2.27. The monoisotopic (exact) mass is 444 g/mol. The lowest BCUT2D eigenvalue weighted by Gasteiger charge is -2.11. The third-order valence-corrected chi connectivity index (χ3v) is 6.14. The van der Waals surface area contributed by atoms with Gasteiger partial charge < -0.3 is 15.2 Å². The summed E-state index contributed by atoms with van der Waals surface area (Å²) < 4.78 is 13.0. The van der Waals surface area contributed by atoms with E-state index in [1.807, 2.05) is 36.4 Å². The molecule has 170 valence electrons. The van der Waals surface area contributed by atoms with Gasteiger partial charge in [0.2, 0.25) is 0 Å². The minimum atomic E-state index is -0.504. The van der Waals surface area contributed by atoms with Crippen molar-refractivity contribution in [2.45, 2.75) is 45.1 Å². The number of esters is 1. The zero-order chi connectivity index (χ0) is 22.8. The first-order chi connectivity index (χ1) is 16.2. The zero-order valence-electron chi connectivity index (χ0n) is 18.8. The summed E-state index contributed by atoms with van der Waals surface area (Å²) in [4.78, 5) is 22.7. The van der Waals surface area contributed by atoms with Gasteiger partial charge in [-0.2, -0.15) is 0 Å². The summed E-state index contributed by atoms with van der Waals surface area (Å²) in [6, 6.07) is 15.8. The van der Waals surface area contributed by atoms with Crippen LogP contribution >= 0.6 is 0 Å². The Kier molecular flexibility index (Phi) is 5.96. The Balaban J connectivity index is 1.59. The molecule has 1 atom stereocenters. The minimum absolute atomic E-state index is 0.0638. The van der Waals surface area contributed by atoms with Crippen molar-refractivity contribution >= 4 is 34.0 Å². The molecule has 1 aliphatic heterocycles. The van der Waals surface area contributed by atoms with Gasteiger partial charge in [0.25, 0.3) is 0 Å². The fourth-order valence-corrected chi connectivity index (χ4v) is 4.33. The normalized spacial score (nSPS) is 16.0. The maximum atomic E-state index is 13.2. The maximum Gasteiger partial charge on any atom is 0.344 e. The molecule has 7 heteroatoms. The number of fused-ring (bicyclic) bond motifs is 2. The number of anilines is 1. The van der Waals surface area contributed by atoms with Crippen LogP contribution in [0.2, 0.25) is 0 Å². The number of unbranched alkanes of at least 4 members (excludes halogenated alkanes) is 1. The molecule has 0 spiro atoms. The quantitative estimate of drug-likeness (QED) is 0.410. The van der Waals surface area contributed by atoms with Gasteiger partial charge >= 0.3 is 5.97 Å². The highest BCUT2D eigenvalue weighted by atomic mass is 16.6. The highest BCUT2D eigenvalue weighted by Crippen LogP contribution is 2.32. The van der Waals surface area contributed by atoms with Crippen molar-refractivity contribution in [1.82, 2.24) is 14.5 Å². The summed E-state index contributed by atoms with van der Waals surface area (Å²) in [5.41, 5.74) is 11.3. The van der Waals surface area contributed by atoms with E-state index in [9.17, 15) is 4.79 Å². The molecule has 2 aromatic carbocycles. The van der Waals surface area contributed by atoms with Crippen LogP contribution in [0.25, 0.3) is 27.9 Å². The summed E-state index contributed by atoms with van der Waals surface area (Å²) in [5.74, 6) is -0.227. The number of hydrogen-bond donors (Lipinski definition) is 1. The second-order valence-corrected chi connectivity index (χ2v) is 8.48. The van der Waals surface area contributed by atoms with E-state index in [1.165, 1.54) is 5.56 Å². The number of aromatic nitrogens is 3. The number of aryl methyl sites for hydroxylation is 1. The van der Waals surface area contributed by atoms with Gasteiger partial charge in [0, 0.05) is 12.3 Å². The number of ether oxygens (including phenoxy) is 2. The van der Waals surface area contributed by atoms with Crippen LogP contribution in [0.15, 0.2) is 48.5 Å². The summed E-state index contributed by atoms with van der Waals surface area (Å²) >= 11 is 0. The lowest BCUT2D eigenvalue weighted by molar-refractivity contribution is 0.0163. The molecule has 3 heterocycles. The van der Waals surface area contributed by atoms with Crippen molar-refractivity contribution in [3.05, 3.63) is 59.7 Å². The molecule has 7 nitrogen and oxygen atoms in total. The molecule has 4 aromatic rings. The van der Waals surface area contributed by atoms with Crippen molar-refractivity contribution in [1.29, 1.82) is 0 Å². The van der Waals surface area contributed by atoms with Gasteiger partial charge in [-0.3, -0.25) is 4.57 Å². The standard InChI is InChI=1S/C26H28N4O3/c1-2-3-7-17-11-13-18(14-12-17)30-24(27)22(26(31)33-16-19-8-6-15-32-19)23-25(30)29-21-10-5-4-9-20(21)28-23/h4-5,9-14,19H,2-3,6-8,15-16,27H2,1H3/t19-/m0/s1. The first kappa shape index (κ1) is 21.4. The van der Waals surface area contributed by atoms with Crippen LogP contribution in [0.1, 0.15) is 48.5 Å². The number of para-hydroxylation sites is 2. The Morgan fingerprint density at radius 2 is 1.91 bits per heavy atom. The van der Waals surface area contributed by atoms with E-state index in [2.05, 4.69) is 19.1 Å². The van der Waals surface area contributed by atoms with Gasteiger partial charge in [-0.05, 0) is 55.5 Å². The Hall–Kier alpha value is -3.45. The van der Waals surface area contributed by atoms with Gasteiger partial charge in [-0.1, -0.05) is 37.6 Å². The number of rotatable bonds is 7. The summed E-state index contributed by atoms with van der Waals surface area (Å²) in [6.45, 7) is 3.09. The van der Waals surface area contributed by atoms with Crippen molar-refractivity contribution in [3.63, 3.8) is 0 Å². The molecule has 1 aliphatic rings. The van der Waals surface area contributed by atoms with Gasteiger partial charge in [0.05, 0.1) is 17.1 Å². The van der Waals surface area contributed by atoms with Crippen molar-refractivity contribution < 1.29 is 14.3 Å². The molecule has 0 amide bonds. The Morgan fingerprint density at radius 3 is 2.61 bits per heavy atom. The van der Waals surface area contributed by atoms with E-state index in [0.29, 0.717) is 23.3 Å². The molecule has 0 saturated carbocycles. The first-order valence-corrected chi connectivity index (χ1v) is 11.6. The van der Waals surface area contributed by atoms with Crippen molar-refractivity contribution in [2.24, 2.45) is 0 Å². The molecule has 1 fully saturated rings. The smallest absolute Gasteiger partial charge is 0.344 e. The van der Waals surface area contributed by atoms with Crippen LogP contribution in [0, 0.1) is 0 Å². The van der Waals surface area contributed by atoms with Gasteiger partial charge in [0.15, 0.2) is 5.65 Å². The predicted octanol–water partition coefficient (Wildman–Crippen LogP) is 4.83. The van der Waals surface area contributed by atoms with Gasteiger partial charge in [0.1, 0.15) is 23.5 Å². The Bertz CT molecular complexity index is 1290. The van der Waals surface area contributed by atoms with Gasteiger partial charge in [-0.15, -0.1) is 0 Å². The third-order valence-electron chi connectivity index (χ3n) is 6.14. The molecule has 2 N–H and O–H groups in total.